The summed E-state index contributed by atoms with van der Waals surface area (Å²) in [5.74, 6) is 0. The van der Waals surface area contributed by atoms with Crippen LogP contribution in [0.5, 0.6) is 0 Å². The summed E-state index contributed by atoms with van der Waals surface area (Å²) < 4.78 is 0. The second-order valence-electron chi connectivity index (χ2n) is 5.92. The molecular formula is C16H22N2. The van der Waals surface area contributed by atoms with Crippen LogP contribution in [-0.2, 0) is 6.54 Å². The van der Waals surface area contributed by atoms with Crippen LogP contribution in [0.2, 0.25) is 0 Å². The summed E-state index contributed by atoms with van der Waals surface area (Å²) in [4.78, 5) is 4.65. The summed E-state index contributed by atoms with van der Waals surface area (Å²) >= 11 is 0. The number of fused-ring (bicyclic) bond motifs is 1. The molecule has 0 aliphatic carbocycles. The van der Waals surface area contributed by atoms with Gasteiger partial charge < -0.3 is 5.32 Å². The van der Waals surface area contributed by atoms with E-state index in [0.717, 1.165) is 17.8 Å². The highest BCUT2D eigenvalue weighted by molar-refractivity contribution is 5.83. The van der Waals surface area contributed by atoms with Gasteiger partial charge in [-0.25, -0.2) is 0 Å². The highest BCUT2D eigenvalue weighted by Crippen LogP contribution is 2.23. The Hall–Kier alpha value is -1.41. The van der Waals surface area contributed by atoms with Crippen molar-refractivity contribution >= 4 is 10.9 Å². The summed E-state index contributed by atoms with van der Waals surface area (Å²) in [7, 11) is 0. The van der Waals surface area contributed by atoms with Crippen molar-refractivity contribution in [1.29, 1.82) is 0 Å². The number of pyridine rings is 1. The van der Waals surface area contributed by atoms with Gasteiger partial charge in [-0.05, 0) is 51.8 Å². The smallest absolute Gasteiger partial charge is 0.0708 e. The van der Waals surface area contributed by atoms with Crippen LogP contribution in [0.3, 0.4) is 0 Å². The molecule has 0 bridgehead atoms. The molecule has 2 rings (SSSR count). The molecule has 0 unspecified atom stereocenters. The van der Waals surface area contributed by atoms with Gasteiger partial charge in [0.05, 0.1) is 5.52 Å². The monoisotopic (exact) mass is 242 g/mol. The fourth-order valence-corrected chi connectivity index (χ4v) is 2.09. The van der Waals surface area contributed by atoms with Gasteiger partial charge in [0.25, 0.3) is 0 Å². The van der Waals surface area contributed by atoms with Crippen LogP contribution in [-0.4, -0.2) is 10.5 Å². The molecule has 0 saturated carbocycles. The maximum absolute atomic E-state index is 4.65. The summed E-state index contributed by atoms with van der Waals surface area (Å²) in [6, 6.07) is 8.38. The Kier molecular flexibility index (Phi) is 3.40. The largest absolute Gasteiger partial charge is 0.308 e. The van der Waals surface area contributed by atoms with E-state index in [4.69, 9.17) is 0 Å². The predicted molar refractivity (Wildman–Crippen MR) is 77.8 cm³/mol. The lowest BCUT2D eigenvalue weighted by Gasteiger charge is -2.22. The van der Waals surface area contributed by atoms with Gasteiger partial charge in [-0.2, -0.15) is 0 Å². The molecule has 2 heteroatoms. The first-order valence-corrected chi connectivity index (χ1v) is 6.48. The molecule has 0 spiro atoms. The lowest BCUT2D eigenvalue weighted by atomic mass is 10.0. The average molecular weight is 242 g/mol. The van der Waals surface area contributed by atoms with Gasteiger partial charge in [0, 0.05) is 23.2 Å². The summed E-state index contributed by atoms with van der Waals surface area (Å²) in [6.45, 7) is 11.7. The molecule has 1 aromatic carbocycles. The molecule has 0 aliphatic heterocycles. The lowest BCUT2D eigenvalue weighted by Crippen LogP contribution is -2.35. The zero-order valence-corrected chi connectivity index (χ0v) is 12.0. The molecule has 2 aromatic rings. The number of rotatable bonds is 2. The molecule has 1 aromatic heterocycles. The van der Waals surface area contributed by atoms with Crippen molar-refractivity contribution < 1.29 is 0 Å². The first-order valence-electron chi connectivity index (χ1n) is 6.48. The van der Waals surface area contributed by atoms with Crippen molar-refractivity contribution in [2.24, 2.45) is 0 Å². The molecule has 96 valence electrons. The van der Waals surface area contributed by atoms with Crippen LogP contribution in [0.1, 0.15) is 37.6 Å². The Labute approximate surface area is 109 Å². The van der Waals surface area contributed by atoms with Crippen molar-refractivity contribution in [2.45, 2.75) is 46.7 Å². The minimum Gasteiger partial charge on any atom is -0.308 e. The minimum absolute atomic E-state index is 0.130. The number of nitrogens with one attached hydrogen (secondary N) is 1. The van der Waals surface area contributed by atoms with E-state index in [1.165, 1.54) is 16.5 Å². The van der Waals surface area contributed by atoms with Crippen molar-refractivity contribution in [3.63, 3.8) is 0 Å². The quantitative estimate of drug-likeness (QED) is 0.867. The SMILES string of the molecule is Cc1nc2ccccc2c(CNC(C)(C)C)c1C. The third-order valence-corrected chi connectivity index (χ3v) is 3.31. The van der Waals surface area contributed by atoms with E-state index in [-0.39, 0.29) is 5.54 Å². The number of aryl methyl sites for hydroxylation is 1. The molecular weight excluding hydrogens is 220 g/mol. The fraction of sp³-hybridized carbons (Fsp3) is 0.438. The van der Waals surface area contributed by atoms with Gasteiger partial charge in [-0.1, -0.05) is 18.2 Å². The predicted octanol–water partition coefficient (Wildman–Crippen LogP) is 3.74. The van der Waals surface area contributed by atoms with Crippen LogP contribution in [0.15, 0.2) is 24.3 Å². The molecule has 0 aliphatic rings. The topological polar surface area (TPSA) is 24.9 Å². The third kappa shape index (κ3) is 2.70. The summed E-state index contributed by atoms with van der Waals surface area (Å²) in [5.41, 5.74) is 5.01. The van der Waals surface area contributed by atoms with Crippen LogP contribution < -0.4 is 5.32 Å². The first kappa shape index (κ1) is 13.0. The molecule has 0 saturated heterocycles. The summed E-state index contributed by atoms with van der Waals surface area (Å²) in [6.07, 6.45) is 0. The van der Waals surface area contributed by atoms with E-state index in [2.05, 4.69) is 63.1 Å². The molecule has 1 N–H and O–H groups in total. The van der Waals surface area contributed by atoms with E-state index < -0.39 is 0 Å². The fourth-order valence-electron chi connectivity index (χ4n) is 2.09. The van der Waals surface area contributed by atoms with Crippen LogP contribution in [0.4, 0.5) is 0 Å². The van der Waals surface area contributed by atoms with Crippen molar-refractivity contribution in [1.82, 2.24) is 10.3 Å². The van der Waals surface area contributed by atoms with Gasteiger partial charge in [0.2, 0.25) is 0 Å². The van der Waals surface area contributed by atoms with Gasteiger partial charge in [0.15, 0.2) is 0 Å². The molecule has 0 fully saturated rings. The molecule has 0 radical (unpaired) electrons. The normalized spacial score (nSPS) is 12.1. The highest BCUT2D eigenvalue weighted by atomic mass is 14.9. The van der Waals surface area contributed by atoms with E-state index in [9.17, 15) is 0 Å². The Balaban J connectivity index is 2.50. The Bertz CT molecular complexity index is 565. The second kappa shape index (κ2) is 4.69. The average Bonchev–Trinajstić information content (AvgIpc) is 2.28. The maximum Gasteiger partial charge on any atom is 0.0708 e. The van der Waals surface area contributed by atoms with Gasteiger partial charge >= 0.3 is 0 Å². The molecule has 2 nitrogen and oxygen atoms in total. The van der Waals surface area contributed by atoms with Crippen LogP contribution in [0.25, 0.3) is 10.9 Å². The number of nitrogens with zero attached hydrogens (tertiary/aromatic N) is 1. The van der Waals surface area contributed by atoms with E-state index in [0.29, 0.717) is 0 Å². The minimum atomic E-state index is 0.130. The Morgan fingerprint density at radius 2 is 1.78 bits per heavy atom. The van der Waals surface area contributed by atoms with Crippen LogP contribution in [0, 0.1) is 13.8 Å². The van der Waals surface area contributed by atoms with Crippen LogP contribution >= 0.6 is 0 Å². The second-order valence-corrected chi connectivity index (χ2v) is 5.92. The molecule has 18 heavy (non-hydrogen) atoms. The van der Waals surface area contributed by atoms with Gasteiger partial charge in [0.1, 0.15) is 0 Å². The highest BCUT2D eigenvalue weighted by Gasteiger charge is 2.13. The zero-order chi connectivity index (χ0) is 13.3. The Morgan fingerprint density at radius 3 is 2.44 bits per heavy atom. The van der Waals surface area contributed by atoms with Crippen molar-refractivity contribution in [3.05, 3.63) is 41.1 Å². The third-order valence-electron chi connectivity index (χ3n) is 3.31. The van der Waals surface area contributed by atoms with E-state index in [1.807, 2.05) is 6.07 Å². The molecule has 0 amide bonds. The standard InChI is InChI=1S/C16H22N2/c1-11-12(2)18-15-9-7-6-8-13(15)14(11)10-17-16(3,4)5/h6-9,17H,10H2,1-5H3. The zero-order valence-electron chi connectivity index (χ0n) is 12.0. The first-order chi connectivity index (χ1) is 8.38. The Morgan fingerprint density at radius 1 is 1.11 bits per heavy atom. The number of aromatic nitrogens is 1. The molecule has 0 atom stereocenters. The number of para-hydroxylation sites is 1. The summed E-state index contributed by atoms with van der Waals surface area (Å²) in [5, 5.41) is 4.83. The number of benzene rings is 1. The molecule has 1 heterocycles. The van der Waals surface area contributed by atoms with Crippen molar-refractivity contribution in [3.8, 4) is 0 Å². The lowest BCUT2D eigenvalue weighted by molar-refractivity contribution is 0.424. The number of hydrogen-bond acceptors (Lipinski definition) is 2. The maximum atomic E-state index is 4.65. The van der Waals surface area contributed by atoms with Crippen molar-refractivity contribution in [2.75, 3.05) is 0 Å². The van der Waals surface area contributed by atoms with Gasteiger partial charge in [-0.15, -0.1) is 0 Å². The van der Waals surface area contributed by atoms with E-state index >= 15 is 0 Å². The number of hydrogen-bond donors (Lipinski definition) is 1. The van der Waals surface area contributed by atoms with E-state index in [1.54, 1.807) is 0 Å². The van der Waals surface area contributed by atoms with Gasteiger partial charge in [-0.3, -0.25) is 4.98 Å².